The molecule has 0 aromatic heterocycles. The molecule has 0 heterocycles. The first-order valence-corrected chi connectivity index (χ1v) is 2.42. The first kappa shape index (κ1) is 16.1. The van der Waals surface area contributed by atoms with Crippen LogP contribution in [0.3, 0.4) is 0 Å². The lowest BCUT2D eigenvalue weighted by Gasteiger charge is -2.14. The largest absolute Gasteiger partial charge is 0.565 e. The molecule has 0 saturated heterocycles. The lowest BCUT2D eigenvalue weighted by atomic mass is 10.8. The summed E-state index contributed by atoms with van der Waals surface area (Å²) in [6, 6.07) is 0. The zero-order valence-corrected chi connectivity index (χ0v) is 6.71. The van der Waals surface area contributed by atoms with Crippen molar-refractivity contribution >= 4 is 6.16 Å². The number of carbonyl (C=O) groups is 1. The predicted molar refractivity (Wildman–Crippen MR) is 35.6 cm³/mol. The normalized spacial score (nSPS) is 8.40. The Morgan fingerprint density at radius 2 is 1.30 bits per heavy atom. The summed E-state index contributed by atoms with van der Waals surface area (Å²) in [7, 11) is 8.50. The monoisotopic (exact) mass is 153 g/mol. The van der Waals surface area contributed by atoms with E-state index in [2.05, 4.69) is 28.2 Å². The van der Waals surface area contributed by atoms with Gasteiger partial charge in [-0.2, -0.15) is 0 Å². The Labute approximate surface area is 60.4 Å². The highest BCUT2D eigenvalue weighted by Crippen LogP contribution is 1.73. The van der Waals surface area contributed by atoms with Crippen LogP contribution in [0.2, 0.25) is 0 Å². The summed E-state index contributed by atoms with van der Waals surface area (Å²) in [5.74, 6) is 0. The van der Waals surface area contributed by atoms with Gasteiger partial charge in [0.15, 0.2) is 0 Å². The number of hydrogen-bond donors (Lipinski definition) is 1. The van der Waals surface area contributed by atoms with Gasteiger partial charge in [0.2, 0.25) is 6.16 Å². The molecule has 0 radical (unpaired) electrons. The smallest absolute Gasteiger partial charge is 0.249 e. The molecule has 10 heavy (non-hydrogen) atoms. The van der Waals surface area contributed by atoms with Crippen LogP contribution in [0.15, 0.2) is 0 Å². The number of quaternary nitrogens is 1. The summed E-state index contributed by atoms with van der Waals surface area (Å²) in [6.45, 7) is 0. The molecule has 0 amide bonds. The second-order valence-corrected chi connectivity index (χ2v) is 2.95. The van der Waals surface area contributed by atoms with Crippen LogP contribution in [-0.2, 0) is 0 Å². The van der Waals surface area contributed by atoms with E-state index in [0.29, 0.717) is 0 Å². The fourth-order valence-electron chi connectivity index (χ4n) is 0. The van der Waals surface area contributed by atoms with Crippen molar-refractivity contribution in [3.05, 3.63) is 0 Å². The SMILES string of the molecule is C[N+](C)(C)C.O.O=C([O-])O. The number of rotatable bonds is 0. The Bertz CT molecular complexity index is 76.1. The third kappa shape index (κ3) is 420. The van der Waals surface area contributed by atoms with E-state index in [0.717, 1.165) is 4.48 Å². The molecule has 64 valence electrons. The third-order valence-electron chi connectivity index (χ3n) is 0. The maximum Gasteiger partial charge on any atom is 0.249 e. The molecular weight excluding hydrogens is 138 g/mol. The van der Waals surface area contributed by atoms with Gasteiger partial charge in [0.25, 0.3) is 0 Å². The van der Waals surface area contributed by atoms with E-state index in [-0.39, 0.29) is 5.48 Å². The number of carboxylic acid groups (broad SMARTS) is 2. The van der Waals surface area contributed by atoms with Crippen molar-refractivity contribution in [1.82, 2.24) is 0 Å². The van der Waals surface area contributed by atoms with Crippen LogP contribution >= 0.6 is 0 Å². The molecular formula is C5H15NO4. The molecule has 0 aromatic carbocycles. The van der Waals surface area contributed by atoms with Crippen molar-refractivity contribution in [2.24, 2.45) is 0 Å². The van der Waals surface area contributed by atoms with Crippen LogP contribution in [0, 0.1) is 0 Å². The summed E-state index contributed by atoms with van der Waals surface area (Å²) in [5, 5.41) is 15.3. The zero-order valence-electron chi connectivity index (χ0n) is 6.71. The van der Waals surface area contributed by atoms with E-state index in [9.17, 15) is 0 Å². The minimum atomic E-state index is -2.08. The van der Waals surface area contributed by atoms with Gasteiger partial charge >= 0.3 is 0 Å². The van der Waals surface area contributed by atoms with Gasteiger partial charge in [-0.15, -0.1) is 0 Å². The topological polar surface area (TPSA) is 91.9 Å². The minimum absolute atomic E-state index is 0. The van der Waals surface area contributed by atoms with Crippen molar-refractivity contribution < 1.29 is 25.0 Å². The predicted octanol–water partition coefficient (Wildman–Crippen LogP) is -1.61. The second-order valence-electron chi connectivity index (χ2n) is 2.95. The fourth-order valence-corrected chi connectivity index (χ4v) is 0. The molecule has 0 unspecified atom stereocenters. The molecule has 0 aliphatic carbocycles. The first-order chi connectivity index (χ1) is 3.73. The Hall–Kier alpha value is -0.810. The Morgan fingerprint density at radius 1 is 1.30 bits per heavy atom. The number of nitrogens with zero attached hydrogens (tertiary/aromatic N) is 1. The lowest BCUT2D eigenvalue weighted by molar-refractivity contribution is -0.849. The van der Waals surface area contributed by atoms with Gasteiger partial charge < -0.3 is 25.0 Å². The molecule has 5 nitrogen and oxygen atoms in total. The first-order valence-electron chi connectivity index (χ1n) is 2.42. The average molecular weight is 153 g/mol. The molecule has 5 heteroatoms. The van der Waals surface area contributed by atoms with Crippen molar-refractivity contribution in [1.29, 1.82) is 0 Å². The van der Waals surface area contributed by atoms with Crippen molar-refractivity contribution in [3.8, 4) is 0 Å². The zero-order chi connectivity index (χ0) is 8.08. The Kier molecular flexibility index (Phi) is 10.2. The van der Waals surface area contributed by atoms with Crippen LogP contribution in [-0.4, -0.2) is 49.4 Å². The lowest BCUT2D eigenvalue weighted by Crippen LogP contribution is -2.27. The van der Waals surface area contributed by atoms with Gasteiger partial charge in [-0.3, -0.25) is 0 Å². The van der Waals surface area contributed by atoms with Crippen molar-refractivity contribution in [2.45, 2.75) is 0 Å². The molecule has 0 bridgehead atoms. The molecule has 0 fully saturated rings. The van der Waals surface area contributed by atoms with E-state index in [1.807, 2.05) is 0 Å². The summed E-state index contributed by atoms with van der Waals surface area (Å²) in [4.78, 5) is 8.44. The van der Waals surface area contributed by atoms with Gasteiger partial charge in [-0.1, -0.05) is 0 Å². The summed E-state index contributed by atoms with van der Waals surface area (Å²) in [6.07, 6.45) is -2.08. The molecule has 0 aliphatic heterocycles. The van der Waals surface area contributed by atoms with Crippen LogP contribution in [0.25, 0.3) is 0 Å². The van der Waals surface area contributed by atoms with Crippen molar-refractivity contribution in [2.75, 3.05) is 28.2 Å². The van der Waals surface area contributed by atoms with Crippen LogP contribution in [0.4, 0.5) is 4.79 Å². The van der Waals surface area contributed by atoms with Crippen LogP contribution in [0.1, 0.15) is 0 Å². The maximum atomic E-state index is 8.44. The van der Waals surface area contributed by atoms with Gasteiger partial charge in [0, 0.05) is 0 Å². The molecule has 3 N–H and O–H groups in total. The van der Waals surface area contributed by atoms with E-state index < -0.39 is 6.16 Å². The van der Waals surface area contributed by atoms with Gasteiger partial charge in [0.05, 0.1) is 28.2 Å². The van der Waals surface area contributed by atoms with Gasteiger partial charge in [-0.05, 0) is 0 Å². The van der Waals surface area contributed by atoms with E-state index in [1.54, 1.807) is 0 Å². The summed E-state index contributed by atoms with van der Waals surface area (Å²) < 4.78 is 1.00. The van der Waals surface area contributed by atoms with E-state index in [1.165, 1.54) is 0 Å². The fraction of sp³-hybridized carbons (Fsp3) is 0.800. The van der Waals surface area contributed by atoms with Gasteiger partial charge in [0.1, 0.15) is 0 Å². The highest BCUT2D eigenvalue weighted by molar-refractivity contribution is 5.50. The van der Waals surface area contributed by atoms with E-state index >= 15 is 0 Å². The average Bonchev–Trinajstić information content (AvgIpc) is 1.19. The molecule has 0 aromatic rings. The third-order valence-corrected chi connectivity index (χ3v) is 0. The van der Waals surface area contributed by atoms with Crippen LogP contribution < -0.4 is 5.11 Å². The molecule has 0 rings (SSSR count). The standard InChI is InChI=1S/C4H12N.CH2O3.H2O/c1-5(2,3)4;2-1(3)4;/h1-4H3;(H2,2,3,4);1H2/q+1;;/p-1. The minimum Gasteiger partial charge on any atom is -0.565 e. The molecule has 0 aliphatic rings. The number of hydrogen-bond acceptors (Lipinski definition) is 2. The molecule has 0 saturated carbocycles. The maximum absolute atomic E-state index is 8.44. The van der Waals surface area contributed by atoms with Gasteiger partial charge in [-0.25, -0.2) is 0 Å². The Balaban J connectivity index is -0.0000000910. The summed E-state index contributed by atoms with van der Waals surface area (Å²) in [5.41, 5.74) is 0. The quantitative estimate of drug-likeness (QED) is 0.424. The highest BCUT2D eigenvalue weighted by Gasteiger charge is 1.88. The molecule has 0 spiro atoms. The van der Waals surface area contributed by atoms with Crippen LogP contribution in [0.5, 0.6) is 0 Å². The van der Waals surface area contributed by atoms with Crippen molar-refractivity contribution in [3.63, 3.8) is 0 Å². The molecule has 0 atom stereocenters. The summed E-state index contributed by atoms with van der Waals surface area (Å²) >= 11 is 0. The Morgan fingerprint density at radius 3 is 1.30 bits per heavy atom. The van der Waals surface area contributed by atoms with E-state index in [4.69, 9.17) is 15.0 Å². The second kappa shape index (κ2) is 6.31. The highest BCUT2D eigenvalue weighted by atomic mass is 16.6.